The van der Waals surface area contributed by atoms with Crippen molar-refractivity contribution in [2.24, 2.45) is 0 Å². The molecule has 11 heavy (non-hydrogen) atoms. The first-order chi connectivity index (χ1) is 5.41. The van der Waals surface area contributed by atoms with E-state index < -0.39 is 0 Å². The molecule has 0 rings (SSSR count). The highest BCUT2D eigenvalue weighted by molar-refractivity contribution is 4.51. The Bertz CT molecular complexity index is 14.0. The Hall–Kier alpha value is -0.520. The van der Waals surface area contributed by atoms with Gasteiger partial charge in [-0.25, -0.2) is 0 Å². The summed E-state index contributed by atoms with van der Waals surface area (Å²) in [6.45, 7) is 23.2. The van der Waals surface area contributed by atoms with Crippen molar-refractivity contribution in [3.8, 4) is 0 Å². The second-order valence-corrected chi connectivity index (χ2v) is 0.408. The van der Waals surface area contributed by atoms with E-state index in [2.05, 4.69) is 19.7 Å². The van der Waals surface area contributed by atoms with E-state index in [1.807, 2.05) is 48.5 Å². The van der Waals surface area contributed by atoms with Gasteiger partial charge in [0.05, 0.1) is 0 Å². The van der Waals surface area contributed by atoms with Crippen molar-refractivity contribution in [1.82, 2.24) is 0 Å². The van der Waals surface area contributed by atoms with Crippen molar-refractivity contribution in [2.75, 3.05) is 0 Å². The van der Waals surface area contributed by atoms with E-state index in [9.17, 15) is 0 Å². The molecule has 0 bridgehead atoms. The molecule has 0 aromatic carbocycles. The maximum atomic E-state index is 3.36. The standard InChI is InChI=1S/C3H6.3C2H6.C2H4/c1-3-2;4*1-2/h3H,1H2,2H3;3*1-2H3;1-2H2. The third-order valence-electron chi connectivity index (χ3n) is 0. The molecule has 0 aromatic heterocycles. The molecule has 0 atom stereocenters. The Morgan fingerprint density at radius 1 is 0.727 bits per heavy atom. The Labute approximate surface area is 75.0 Å². The second kappa shape index (κ2) is 2960. The molecule has 72 valence electrons. The normalized spacial score (nSPS) is 3.18. The van der Waals surface area contributed by atoms with Crippen molar-refractivity contribution >= 4 is 0 Å². The highest BCUT2D eigenvalue weighted by atomic mass is 13.2. The molecule has 0 aliphatic carbocycles. The Morgan fingerprint density at radius 2 is 0.727 bits per heavy atom. The summed E-state index contributed by atoms with van der Waals surface area (Å²) in [7, 11) is 0. The smallest absolute Gasteiger partial charge is 0.0473 e. The summed E-state index contributed by atoms with van der Waals surface area (Å²) in [5.74, 6) is 0. The minimum Gasteiger partial charge on any atom is -0.106 e. The molecule has 0 N–H and O–H groups in total. The first-order valence-corrected chi connectivity index (χ1v) is 4.49. The molecule has 0 saturated heterocycles. The van der Waals surface area contributed by atoms with Crippen molar-refractivity contribution in [3.05, 3.63) is 25.8 Å². The van der Waals surface area contributed by atoms with Crippen molar-refractivity contribution < 1.29 is 0 Å². The molecule has 0 spiro atoms. The summed E-state index contributed by atoms with van der Waals surface area (Å²) in [5.41, 5.74) is 0. The molecule has 0 aliphatic heterocycles. The molecule has 0 heteroatoms. The molecule has 0 amide bonds. The van der Waals surface area contributed by atoms with E-state index in [0.29, 0.717) is 0 Å². The number of hydrogen-bond acceptors (Lipinski definition) is 0. The summed E-state index contributed by atoms with van der Waals surface area (Å²) in [6, 6.07) is 0. The lowest BCUT2D eigenvalue weighted by molar-refractivity contribution is 1.50. The quantitative estimate of drug-likeness (QED) is 0.434. The zero-order valence-electron chi connectivity index (χ0n) is 9.70. The van der Waals surface area contributed by atoms with Gasteiger partial charge in [-0.3, -0.25) is 0 Å². The summed E-state index contributed by atoms with van der Waals surface area (Å²) >= 11 is 0. The van der Waals surface area contributed by atoms with Crippen LogP contribution in [0.3, 0.4) is 0 Å². The van der Waals surface area contributed by atoms with Crippen LogP contribution in [0.4, 0.5) is 0 Å². The van der Waals surface area contributed by atoms with Crippen LogP contribution in [-0.2, 0) is 0 Å². The first-order valence-electron chi connectivity index (χ1n) is 4.49. The average molecular weight is 160 g/mol. The fraction of sp³-hybridized carbons (Fsp3) is 0.636. The highest BCUT2D eigenvalue weighted by Gasteiger charge is 1.15. The van der Waals surface area contributed by atoms with Gasteiger partial charge in [-0.05, 0) is 6.92 Å². The third-order valence-corrected chi connectivity index (χ3v) is 0. The Kier molecular flexibility index (Phi) is 8440. The van der Waals surface area contributed by atoms with Gasteiger partial charge >= 0.3 is 0 Å². The van der Waals surface area contributed by atoms with Crippen LogP contribution in [0.2, 0.25) is 0 Å². The largest absolute Gasteiger partial charge is 0.106 e. The summed E-state index contributed by atoms with van der Waals surface area (Å²) in [4.78, 5) is 0. The number of allylic oxidation sites excluding steroid dienone is 1. The van der Waals surface area contributed by atoms with E-state index in [1.165, 1.54) is 0 Å². The van der Waals surface area contributed by atoms with Gasteiger partial charge in [-0.1, -0.05) is 47.6 Å². The van der Waals surface area contributed by atoms with E-state index in [4.69, 9.17) is 0 Å². The van der Waals surface area contributed by atoms with Crippen LogP contribution in [-0.4, -0.2) is 0 Å². The van der Waals surface area contributed by atoms with E-state index in [1.54, 1.807) is 6.08 Å². The Morgan fingerprint density at radius 3 is 0.727 bits per heavy atom. The fourth-order valence-corrected chi connectivity index (χ4v) is 0. The average Bonchev–Trinajstić information content (AvgIpc) is 2.18. The van der Waals surface area contributed by atoms with Crippen molar-refractivity contribution in [2.45, 2.75) is 48.5 Å². The highest BCUT2D eigenvalue weighted by Crippen LogP contribution is 1.38. The van der Waals surface area contributed by atoms with Gasteiger partial charge in [0.1, 0.15) is 0 Å². The number of hydrogen-bond donors (Lipinski definition) is 0. The third kappa shape index (κ3) is 1960. The Balaban J connectivity index is -0.0000000139. The SMILES string of the molecule is C=C.C=CC.CC.CC.CC. The van der Waals surface area contributed by atoms with E-state index >= 15 is 0 Å². The van der Waals surface area contributed by atoms with Crippen LogP contribution < -0.4 is 0 Å². The minimum atomic E-state index is 1.75. The zero-order valence-corrected chi connectivity index (χ0v) is 9.70. The van der Waals surface area contributed by atoms with Gasteiger partial charge in [0.2, 0.25) is 0 Å². The van der Waals surface area contributed by atoms with Gasteiger partial charge in [0, 0.05) is 0 Å². The summed E-state index contributed by atoms with van der Waals surface area (Å²) in [5, 5.41) is 0. The molecule has 0 unspecified atom stereocenters. The topological polar surface area (TPSA) is 0 Å². The molecule has 0 aliphatic rings. The zero-order chi connectivity index (χ0) is 10.7. The lowest BCUT2D eigenvalue weighted by Crippen LogP contribution is -1.07. The molecule has 0 nitrogen and oxygen atoms in total. The predicted octanol–water partition coefficient (Wildman–Crippen LogP) is 5.07. The lowest BCUT2D eigenvalue weighted by atomic mass is 10.8. The molecule has 0 radical (unpaired) electrons. The summed E-state index contributed by atoms with van der Waals surface area (Å²) < 4.78 is 0. The van der Waals surface area contributed by atoms with Crippen LogP contribution in [0.5, 0.6) is 0 Å². The molecular formula is C11H28. The van der Waals surface area contributed by atoms with Gasteiger partial charge < -0.3 is 0 Å². The minimum absolute atomic E-state index is 1.75. The first kappa shape index (κ1) is 31.4. The lowest BCUT2D eigenvalue weighted by Gasteiger charge is -1.31. The van der Waals surface area contributed by atoms with Crippen molar-refractivity contribution in [3.63, 3.8) is 0 Å². The van der Waals surface area contributed by atoms with E-state index in [-0.39, 0.29) is 0 Å². The molecule has 0 saturated carbocycles. The van der Waals surface area contributed by atoms with Gasteiger partial charge in [-0.2, -0.15) is 0 Å². The van der Waals surface area contributed by atoms with E-state index in [0.717, 1.165) is 0 Å². The monoisotopic (exact) mass is 160 g/mol. The van der Waals surface area contributed by atoms with Crippen LogP contribution in [0.25, 0.3) is 0 Å². The number of rotatable bonds is 0. The van der Waals surface area contributed by atoms with Crippen LogP contribution in [0.1, 0.15) is 48.5 Å². The molecular weight excluding hydrogens is 132 g/mol. The van der Waals surface area contributed by atoms with Crippen LogP contribution >= 0.6 is 0 Å². The summed E-state index contributed by atoms with van der Waals surface area (Å²) in [6.07, 6.45) is 1.75. The van der Waals surface area contributed by atoms with Gasteiger partial charge in [0.25, 0.3) is 0 Å². The maximum absolute atomic E-state index is 3.36. The van der Waals surface area contributed by atoms with Gasteiger partial charge in [0.15, 0.2) is 0 Å². The molecule has 0 heterocycles. The second-order valence-electron chi connectivity index (χ2n) is 0.408. The fourth-order valence-electron chi connectivity index (χ4n) is 0. The van der Waals surface area contributed by atoms with Crippen molar-refractivity contribution in [1.29, 1.82) is 0 Å². The van der Waals surface area contributed by atoms with Crippen LogP contribution in [0, 0.1) is 0 Å². The van der Waals surface area contributed by atoms with Gasteiger partial charge in [-0.15, -0.1) is 19.7 Å². The van der Waals surface area contributed by atoms with Crippen LogP contribution in [0.15, 0.2) is 25.8 Å². The molecule has 0 fully saturated rings. The maximum Gasteiger partial charge on any atom is -0.0473 e. The molecule has 0 aromatic rings. The predicted molar refractivity (Wildman–Crippen MR) is 61.2 cm³/mol.